The van der Waals surface area contributed by atoms with E-state index in [2.05, 4.69) is 4.98 Å². The molecule has 1 heterocycles. The highest BCUT2D eigenvalue weighted by atomic mass is 32.2. The van der Waals surface area contributed by atoms with Gasteiger partial charge < -0.3 is 5.73 Å². The van der Waals surface area contributed by atoms with Crippen LogP contribution in [-0.4, -0.2) is 24.8 Å². The molecule has 2 N–H and O–H groups in total. The first-order chi connectivity index (χ1) is 9.45. The zero-order chi connectivity index (χ0) is 14.8. The smallest absolute Gasteiger partial charge is 0.243 e. The molecule has 0 aliphatic carbocycles. The highest BCUT2D eigenvalue weighted by Crippen LogP contribution is 2.22. The lowest BCUT2D eigenvalue weighted by Gasteiger charge is -2.17. The Bertz CT molecular complexity index is 682. The predicted octanol–water partition coefficient (Wildman–Crippen LogP) is 2.11. The molecular formula is C13H17N3O2S2. The van der Waals surface area contributed by atoms with E-state index in [-0.39, 0.29) is 11.4 Å². The third-order valence-corrected chi connectivity index (χ3v) is 5.51. The monoisotopic (exact) mass is 311 g/mol. The van der Waals surface area contributed by atoms with Gasteiger partial charge in [0.15, 0.2) is 0 Å². The first-order valence-corrected chi connectivity index (χ1v) is 8.55. The van der Waals surface area contributed by atoms with Gasteiger partial charge in [0.05, 0.1) is 22.6 Å². The summed E-state index contributed by atoms with van der Waals surface area (Å²) in [5, 5.41) is 1.83. The van der Waals surface area contributed by atoms with E-state index in [1.54, 1.807) is 24.7 Å². The first kappa shape index (κ1) is 15.0. The summed E-state index contributed by atoms with van der Waals surface area (Å²) in [6, 6.07) is 4.88. The van der Waals surface area contributed by atoms with E-state index in [1.807, 2.05) is 12.3 Å². The molecule has 0 radical (unpaired) electrons. The quantitative estimate of drug-likeness (QED) is 0.858. The summed E-state index contributed by atoms with van der Waals surface area (Å²) in [4.78, 5) is 4.31. The van der Waals surface area contributed by atoms with Crippen molar-refractivity contribution in [3.8, 4) is 0 Å². The SMILES string of the molecule is CCc1ccc(S(=O)(=O)N(C)Cc2cscn2)cc1N. The summed E-state index contributed by atoms with van der Waals surface area (Å²) in [5.41, 5.74) is 9.75. The maximum absolute atomic E-state index is 12.5. The number of thiazole rings is 1. The number of nitrogens with zero attached hydrogens (tertiary/aromatic N) is 2. The Labute approximate surface area is 123 Å². The van der Waals surface area contributed by atoms with Gasteiger partial charge >= 0.3 is 0 Å². The van der Waals surface area contributed by atoms with Crippen LogP contribution in [0, 0.1) is 0 Å². The summed E-state index contributed by atoms with van der Waals surface area (Å²) >= 11 is 1.44. The molecule has 2 rings (SSSR count). The minimum absolute atomic E-state index is 0.213. The third kappa shape index (κ3) is 3.00. The minimum atomic E-state index is -3.54. The van der Waals surface area contributed by atoms with Crippen LogP contribution in [0.3, 0.4) is 0 Å². The lowest BCUT2D eigenvalue weighted by atomic mass is 10.1. The Kier molecular flexibility index (Phi) is 4.42. The van der Waals surface area contributed by atoms with Gasteiger partial charge in [0.2, 0.25) is 10.0 Å². The van der Waals surface area contributed by atoms with E-state index in [0.717, 1.165) is 17.7 Å². The molecule has 7 heteroatoms. The second-order valence-corrected chi connectivity index (χ2v) is 7.22. The normalized spacial score (nSPS) is 11.9. The summed E-state index contributed by atoms with van der Waals surface area (Å²) in [6.07, 6.45) is 0.779. The molecule has 0 bridgehead atoms. The Morgan fingerprint density at radius 3 is 2.70 bits per heavy atom. The lowest BCUT2D eigenvalue weighted by molar-refractivity contribution is 0.463. The summed E-state index contributed by atoms with van der Waals surface area (Å²) in [6.45, 7) is 2.23. The van der Waals surface area contributed by atoms with Crippen LogP contribution in [0.15, 0.2) is 34.0 Å². The van der Waals surface area contributed by atoms with Crippen molar-refractivity contribution in [2.45, 2.75) is 24.8 Å². The molecule has 2 aromatic rings. The van der Waals surface area contributed by atoms with Crippen molar-refractivity contribution in [1.82, 2.24) is 9.29 Å². The second-order valence-electron chi connectivity index (χ2n) is 4.46. The predicted molar refractivity (Wildman–Crippen MR) is 81.0 cm³/mol. The van der Waals surface area contributed by atoms with Crippen molar-refractivity contribution >= 4 is 27.0 Å². The van der Waals surface area contributed by atoms with E-state index in [1.165, 1.54) is 21.7 Å². The summed E-state index contributed by atoms with van der Waals surface area (Å²) < 4.78 is 26.2. The van der Waals surface area contributed by atoms with Gasteiger partial charge in [0.25, 0.3) is 0 Å². The molecule has 0 atom stereocenters. The molecule has 0 aliphatic rings. The Morgan fingerprint density at radius 1 is 1.40 bits per heavy atom. The molecule has 0 aliphatic heterocycles. The minimum Gasteiger partial charge on any atom is -0.398 e. The molecule has 1 aromatic carbocycles. The number of aromatic nitrogens is 1. The maximum Gasteiger partial charge on any atom is 0.243 e. The van der Waals surface area contributed by atoms with Gasteiger partial charge in [-0.3, -0.25) is 0 Å². The number of benzene rings is 1. The number of nitrogen functional groups attached to an aromatic ring is 1. The zero-order valence-corrected chi connectivity index (χ0v) is 13.0. The third-order valence-electron chi connectivity index (χ3n) is 3.07. The van der Waals surface area contributed by atoms with Gasteiger partial charge in [-0.25, -0.2) is 13.4 Å². The van der Waals surface area contributed by atoms with Gasteiger partial charge in [-0.05, 0) is 24.1 Å². The van der Waals surface area contributed by atoms with Crippen LogP contribution in [-0.2, 0) is 23.0 Å². The molecule has 0 amide bonds. The second kappa shape index (κ2) is 5.90. The Hall–Kier alpha value is -1.44. The fourth-order valence-electron chi connectivity index (χ4n) is 1.86. The topological polar surface area (TPSA) is 76.3 Å². The van der Waals surface area contributed by atoms with Gasteiger partial charge in [0, 0.05) is 18.1 Å². The van der Waals surface area contributed by atoms with Crippen LogP contribution in [0.2, 0.25) is 0 Å². The number of rotatable bonds is 5. The van der Waals surface area contributed by atoms with Crippen LogP contribution in [0.1, 0.15) is 18.2 Å². The van der Waals surface area contributed by atoms with Gasteiger partial charge in [-0.2, -0.15) is 4.31 Å². The molecule has 0 saturated heterocycles. The fourth-order valence-corrected chi connectivity index (χ4v) is 3.59. The number of hydrogen-bond donors (Lipinski definition) is 1. The van der Waals surface area contributed by atoms with E-state index >= 15 is 0 Å². The summed E-state index contributed by atoms with van der Waals surface area (Å²) in [5.74, 6) is 0. The van der Waals surface area contributed by atoms with Crippen molar-refractivity contribution in [3.63, 3.8) is 0 Å². The van der Waals surface area contributed by atoms with Crippen molar-refractivity contribution in [2.75, 3.05) is 12.8 Å². The van der Waals surface area contributed by atoms with Gasteiger partial charge in [-0.15, -0.1) is 11.3 Å². The number of hydrogen-bond acceptors (Lipinski definition) is 5. The number of aryl methyl sites for hydroxylation is 1. The average molecular weight is 311 g/mol. The van der Waals surface area contributed by atoms with Crippen LogP contribution in [0.4, 0.5) is 5.69 Å². The highest BCUT2D eigenvalue weighted by molar-refractivity contribution is 7.89. The van der Waals surface area contributed by atoms with Crippen molar-refractivity contribution in [2.24, 2.45) is 0 Å². The standard InChI is InChI=1S/C13H17N3O2S2/c1-3-10-4-5-12(6-13(10)14)20(17,18)16(2)7-11-8-19-9-15-11/h4-6,8-9H,3,7,14H2,1-2H3. The van der Waals surface area contributed by atoms with Crippen LogP contribution < -0.4 is 5.73 Å². The van der Waals surface area contributed by atoms with E-state index in [9.17, 15) is 8.42 Å². The van der Waals surface area contributed by atoms with Gasteiger partial charge in [-0.1, -0.05) is 13.0 Å². The van der Waals surface area contributed by atoms with Crippen molar-refractivity contribution in [1.29, 1.82) is 0 Å². The number of sulfonamides is 1. The summed E-state index contributed by atoms with van der Waals surface area (Å²) in [7, 11) is -2.00. The molecule has 20 heavy (non-hydrogen) atoms. The van der Waals surface area contributed by atoms with Crippen LogP contribution in [0.25, 0.3) is 0 Å². The van der Waals surface area contributed by atoms with E-state index in [0.29, 0.717) is 5.69 Å². The highest BCUT2D eigenvalue weighted by Gasteiger charge is 2.22. The lowest BCUT2D eigenvalue weighted by Crippen LogP contribution is -2.26. The van der Waals surface area contributed by atoms with Gasteiger partial charge in [0.1, 0.15) is 0 Å². The molecule has 108 valence electrons. The van der Waals surface area contributed by atoms with Crippen LogP contribution in [0.5, 0.6) is 0 Å². The molecule has 0 spiro atoms. The maximum atomic E-state index is 12.5. The first-order valence-electron chi connectivity index (χ1n) is 6.17. The molecule has 0 unspecified atom stereocenters. The molecule has 0 saturated carbocycles. The van der Waals surface area contributed by atoms with Crippen molar-refractivity contribution in [3.05, 3.63) is 40.3 Å². The molecule has 5 nitrogen and oxygen atoms in total. The number of anilines is 1. The average Bonchev–Trinajstić information content (AvgIpc) is 2.91. The van der Waals surface area contributed by atoms with Crippen molar-refractivity contribution < 1.29 is 8.42 Å². The molecule has 1 aromatic heterocycles. The Morgan fingerprint density at radius 2 is 2.15 bits per heavy atom. The molecular weight excluding hydrogens is 294 g/mol. The zero-order valence-electron chi connectivity index (χ0n) is 11.4. The van der Waals surface area contributed by atoms with E-state index < -0.39 is 10.0 Å². The fraction of sp³-hybridized carbons (Fsp3) is 0.308. The van der Waals surface area contributed by atoms with E-state index in [4.69, 9.17) is 5.73 Å². The largest absolute Gasteiger partial charge is 0.398 e. The number of nitrogens with two attached hydrogens (primary N) is 1. The Balaban J connectivity index is 2.27. The molecule has 0 fully saturated rings. The van der Waals surface area contributed by atoms with Crippen LogP contribution >= 0.6 is 11.3 Å².